The Morgan fingerprint density at radius 1 is 1.03 bits per heavy atom. The van der Waals surface area contributed by atoms with Gasteiger partial charge in [-0.15, -0.1) is 0 Å². The van der Waals surface area contributed by atoms with E-state index >= 15 is 0 Å². The van der Waals surface area contributed by atoms with E-state index in [1.54, 1.807) is 28.0 Å². The summed E-state index contributed by atoms with van der Waals surface area (Å²) in [6.45, 7) is 2.80. The molecule has 1 atom stereocenters. The first-order chi connectivity index (χ1) is 17.4. The monoisotopic (exact) mass is 510 g/mol. The number of hydrogen-bond acceptors (Lipinski definition) is 5. The first kappa shape index (κ1) is 24.1. The van der Waals surface area contributed by atoms with Gasteiger partial charge < -0.3 is 25.8 Å². The van der Waals surface area contributed by atoms with Gasteiger partial charge in [0.15, 0.2) is 0 Å². The molecule has 0 radical (unpaired) electrons. The number of aromatic nitrogens is 1. The highest BCUT2D eigenvalue weighted by molar-refractivity contribution is 6.31. The van der Waals surface area contributed by atoms with Gasteiger partial charge in [-0.3, -0.25) is 4.79 Å². The third kappa shape index (κ3) is 5.02. The second-order valence-electron chi connectivity index (χ2n) is 9.17. The van der Waals surface area contributed by atoms with Gasteiger partial charge in [0.2, 0.25) is 5.91 Å². The minimum atomic E-state index is -0.614. The van der Waals surface area contributed by atoms with Gasteiger partial charge in [0, 0.05) is 60.6 Å². The van der Waals surface area contributed by atoms with Gasteiger partial charge in [-0.1, -0.05) is 11.6 Å². The topological polar surface area (TPSA) is 94.8 Å². The van der Waals surface area contributed by atoms with Crippen LogP contribution < -0.4 is 20.9 Å². The van der Waals surface area contributed by atoms with Gasteiger partial charge in [-0.25, -0.2) is 14.2 Å². The summed E-state index contributed by atoms with van der Waals surface area (Å²) in [4.78, 5) is 36.3. The molecule has 36 heavy (non-hydrogen) atoms. The Labute approximate surface area is 213 Å². The van der Waals surface area contributed by atoms with Crippen LogP contribution in [-0.2, 0) is 4.79 Å². The fourth-order valence-electron chi connectivity index (χ4n) is 4.91. The molecule has 3 aromatic rings. The first-order valence-electron chi connectivity index (χ1n) is 12.1. The third-order valence-electron chi connectivity index (χ3n) is 6.80. The molecule has 8 nitrogen and oxygen atoms in total. The zero-order chi connectivity index (χ0) is 25.2. The van der Waals surface area contributed by atoms with Crippen molar-refractivity contribution >= 4 is 51.6 Å². The number of hydrogen-bond donors (Lipinski definition) is 2. The second-order valence-corrected chi connectivity index (χ2v) is 9.60. The highest BCUT2D eigenvalue weighted by Crippen LogP contribution is 2.30. The van der Waals surface area contributed by atoms with Crippen molar-refractivity contribution in [1.29, 1.82) is 0 Å². The number of nitrogens with one attached hydrogen (secondary N) is 1. The van der Waals surface area contributed by atoms with Crippen molar-refractivity contribution in [1.82, 2.24) is 15.2 Å². The number of anilines is 3. The molecular weight excluding hydrogens is 483 g/mol. The molecule has 3 heterocycles. The summed E-state index contributed by atoms with van der Waals surface area (Å²) < 4.78 is 13.4. The van der Waals surface area contributed by atoms with Gasteiger partial charge in [0.05, 0.1) is 5.52 Å². The van der Waals surface area contributed by atoms with Crippen molar-refractivity contribution < 1.29 is 14.0 Å². The lowest BCUT2D eigenvalue weighted by Gasteiger charge is -2.37. The van der Waals surface area contributed by atoms with Gasteiger partial charge in [-0.05, 0) is 61.7 Å². The summed E-state index contributed by atoms with van der Waals surface area (Å²) in [5, 5.41) is 4.50. The van der Waals surface area contributed by atoms with E-state index in [0.717, 1.165) is 29.4 Å². The summed E-state index contributed by atoms with van der Waals surface area (Å²) in [5.41, 5.74) is 8.37. The average molecular weight is 511 g/mol. The number of nitrogen functional groups attached to an aromatic ring is 1. The number of urea groups is 1. The molecule has 2 aliphatic heterocycles. The highest BCUT2D eigenvalue weighted by Gasteiger charge is 2.31. The number of pyridine rings is 1. The predicted octanol–water partition coefficient (Wildman–Crippen LogP) is 4.03. The summed E-state index contributed by atoms with van der Waals surface area (Å²) in [6.07, 6.45) is 2.22. The number of halogens is 2. The lowest BCUT2D eigenvalue weighted by Crippen LogP contribution is -2.56. The molecule has 2 saturated heterocycles. The number of carbonyl (C=O) groups excluding carboxylic acids is 2. The lowest BCUT2D eigenvalue weighted by atomic mass is 10.1. The normalized spacial score (nSPS) is 18.9. The Hall–Kier alpha value is -3.59. The molecule has 3 N–H and O–H groups in total. The van der Waals surface area contributed by atoms with E-state index < -0.39 is 6.04 Å². The van der Waals surface area contributed by atoms with Crippen LogP contribution in [0.4, 0.5) is 26.4 Å². The van der Waals surface area contributed by atoms with Crippen molar-refractivity contribution in [3.63, 3.8) is 0 Å². The maximum absolute atomic E-state index is 13.4. The number of carbonyl (C=O) groups is 2. The number of piperazine rings is 1. The molecule has 10 heteroatoms. The molecule has 3 amide bonds. The molecule has 2 aliphatic rings. The molecule has 1 aromatic heterocycles. The molecular formula is C26H28ClFN6O2. The first-order valence-corrected chi connectivity index (χ1v) is 12.5. The van der Waals surface area contributed by atoms with E-state index in [9.17, 15) is 14.0 Å². The van der Waals surface area contributed by atoms with E-state index in [2.05, 4.69) is 15.2 Å². The fraction of sp³-hybridized carbons (Fsp3) is 0.346. The smallest absolute Gasteiger partial charge is 0.318 e. The van der Waals surface area contributed by atoms with Crippen LogP contribution in [0.3, 0.4) is 0 Å². The quantitative estimate of drug-likeness (QED) is 0.555. The van der Waals surface area contributed by atoms with E-state index in [0.29, 0.717) is 55.7 Å². The van der Waals surface area contributed by atoms with Crippen molar-refractivity contribution in [3.8, 4) is 0 Å². The summed E-state index contributed by atoms with van der Waals surface area (Å²) in [5.74, 6) is -0.0997. The maximum Gasteiger partial charge on any atom is 0.318 e. The van der Waals surface area contributed by atoms with Gasteiger partial charge >= 0.3 is 6.03 Å². The second kappa shape index (κ2) is 10.2. The number of nitrogens with two attached hydrogens (primary N) is 1. The van der Waals surface area contributed by atoms with E-state index in [1.165, 1.54) is 12.1 Å². The Morgan fingerprint density at radius 2 is 1.78 bits per heavy atom. The number of rotatable bonds is 3. The number of nitrogens with zero attached hydrogens (tertiary/aromatic N) is 4. The van der Waals surface area contributed by atoms with E-state index in [4.69, 9.17) is 17.3 Å². The summed E-state index contributed by atoms with van der Waals surface area (Å²) in [7, 11) is 0. The van der Waals surface area contributed by atoms with Crippen molar-refractivity contribution in [2.75, 3.05) is 48.3 Å². The van der Waals surface area contributed by atoms with Crippen molar-refractivity contribution in [2.45, 2.75) is 25.3 Å². The highest BCUT2D eigenvalue weighted by atomic mass is 35.5. The SMILES string of the molecule is Nc1cc(N2CCN(C(=O)N[C@@H]3CCCCN(c4ccc(F)cc4)C3=O)CC2)c2ccc(Cl)cc2n1. The maximum atomic E-state index is 13.4. The predicted molar refractivity (Wildman–Crippen MR) is 140 cm³/mol. The van der Waals surface area contributed by atoms with Crippen LogP contribution >= 0.6 is 11.6 Å². The number of amides is 3. The number of fused-ring (bicyclic) bond motifs is 1. The molecule has 2 aromatic carbocycles. The molecule has 0 bridgehead atoms. The fourth-order valence-corrected chi connectivity index (χ4v) is 5.07. The van der Waals surface area contributed by atoms with Gasteiger partial charge in [-0.2, -0.15) is 0 Å². The summed E-state index contributed by atoms with van der Waals surface area (Å²) in [6, 6.07) is 12.4. The average Bonchev–Trinajstić information content (AvgIpc) is 3.05. The summed E-state index contributed by atoms with van der Waals surface area (Å²) >= 11 is 6.13. The van der Waals surface area contributed by atoms with E-state index in [-0.39, 0.29) is 17.8 Å². The molecule has 2 fully saturated rings. The van der Waals surface area contributed by atoms with Crippen molar-refractivity contribution in [3.05, 3.63) is 59.4 Å². The zero-order valence-corrected chi connectivity index (χ0v) is 20.5. The van der Waals surface area contributed by atoms with Crippen LogP contribution in [0, 0.1) is 5.82 Å². The minimum absolute atomic E-state index is 0.163. The Morgan fingerprint density at radius 3 is 2.53 bits per heavy atom. The largest absolute Gasteiger partial charge is 0.384 e. The Bertz CT molecular complexity index is 1270. The third-order valence-corrected chi connectivity index (χ3v) is 7.04. The molecule has 5 rings (SSSR count). The molecule has 0 unspecified atom stereocenters. The molecule has 0 spiro atoms. The standard InChI is InChI=1S/C26H28ClFN6O2/c27-17-4-9-20-22(15-17)30-24(29)16-23(20)32-11-13-33(14-12-32)26(36)31-21-3-1-2-10-34(25(21)35)19-7-5-18(28)6-8-19/h4-9,15-16,21H,1-3,10-14H2,(H2,29,30)(H,31,36)/t21-/m1/s1. The number of benzene rings is 2. The van der Waals surface area contributed by atoms with Crippen molar-refractivity contribution in [2.24, 2.45) is 0 Å². The van der Waals surface area contributed by atoms with Gasteiger partial charge in [0.25, 0.3) is 0 Å². The van der Waals surface area contributed by atoms with Crippen LogP contribution in [0.2, 0.25) is 5.02 Å². The minimum Gasteiger partial charge on any atom is -0.384 e. The van der Waals surface area contributed by atoms with Gasteiger partial charge in [0.1, 0.15) is 17.7 Å². The van der Waals surface area contributed by atoms with Crippen LogP contribution in [0.15, 0.2) is 48.5 Å². The molecule has 188 valence electrons. The lowest BCUT2D eigenvalue weighted by molar-refractivity contribution is -0.120. The van der Waals surface area contributed by atoms with Crippen LogP contribution in [-0.4, -0.2) is 60.6 Å². The zero-order valence-electron chi connectivity index (χ0n) is 19.8. The van der Waals surface area contributed by atoms with Crippen LogP contribution in [0.25, 0.3) is 10.9 Å². The molecule has 0 aliphatic carbocycles. The van der Waals surface area contributed by atoms with Crippen LogP contribution in [0.5, 0.6) is 0 Å². The Balaban J connectivity index is 1.24. The molecule has 0 saturated carbocycles. The van der Waals surface area contributed by atoms with E-state index in [1.807, 2.05) is 18.2 Å². The van der Waals surface area contributed by atoms with Crippen LogP contribution in [0.1, 0.15) is 19.3 Å². The Kier molecular flexibility index (Phi) is 6.82.